The summed E-state index contributed by atoms with van der Waals surface area (Å²) < 4.78 is 19.3. The zero-order valence-corrected chi connectivity index (χ0v) is 25.8. The number of fused-ring (bicyclic) bond motifs is 1. The molecule has 3 unspecified atom stereocenters. The number of halogens is 2. The molecule has 0 saturated heterocycles. The number of carboxylic acids is 1. The first kappa shape index (κ1) is 33.9. The number of hydrogen-bond acceptors (Lipinski definition) is 7. The molecule has 1 aliphatic rings. The molecular formula is C34H33ClFN3O7. The Morgan fingerprint density at radius 1 is 1.00 bits per heavy atom. The second kappa shape index (κ2) is 15.3. The third-order valence-corrected chi connectivity index (χ3v) is 7.43. The molecular weight excluding hydrogens is 617 g/mol. The highest BCUT2D eigenvalue weighted by atomic mass is 35.5. The predicted octanol–water partition coefficient (Wildman–Crippen LogP) is 4.72. The summed E-state index contributed by atoms with van der Waals surface area (Å²) in [5.74, 6) is -4.69. The first-order valence-electron chi connectivity index (χ1n) is 14.5. The van der Waals surface area contributed by atoms with Crippen LogP contribution in [0, 0.1) is 11.7 Å². The Labute approximate surface area is 270 Å². The van der Waals surface area contributed by atoms with Gasteiger partial charge in [0.15, 0.2) is 11.5 Å². The first-order valence-corrected chi connectivity index (χ1v) is 14.9. The van der Waals surface area contributed by atoms with Crippen molar-refractivity contribution in [1.29, 1.82) is 0 Å². The van der Waals surface area contributed by atoms with E-state index in [4.69, 9.17) is 16.3 Å². The monoisotopic (exact) mass is 649 g/mol. The summed E-state index contributed by atoms with van der Waals surface area (Å²) >= 11 is 6.02. The summed E-state index contributed by atoms with van der Waals surface area (Å²) in [6, 6.07) is 17.2. The molecule has 0 fully saturated rings. The van der Waals surface area contributed by atoms with Gasteiger partial charge in [-0.15, -0.1) is 0 Å². The van der Waals surface area contributed by atoms with Crippen molar-refractivity contribution in [2.45, 2.75) is 51.4 Å². The van der Waals surface area contributed by atoms with Gasteiger partial charge in [0, 0.05) is 18.1 Å². The van der Waals surface area contributed by atoms with Gasteiger partial charge in [0.1, 0.15) is 11.9 Å². The van der Waals surface area contributed by atoms with Gasteiger partial charge in [-0.05, 0) is 42.2 Å². The zero-order chi connectivity index (χ0) is 33.4. The minimum absolute atomic E-state index is 0.0208. The lowest BCUT2D eigenvalue weighted by atomic mass is 9.94. The van der Waals surface area contributed by atoms with Gasteiger partial charge in [-0.3, -0.25) is 24.0 Å². The Morgan fingerprint density at radius 3 is 2.28 bits per heavy atom. The van der Waals surface area contributed by atoms with Crippen LogP contribution in [0.4, 0.5) is 10.1 Å². The van der Waals surface area contributed by atoms with Crippen LogP contribution < -0.4 is 20.7 Å². The quantitative estimate of drug-likeness (QED) is 0.183. The van der Waals surface area contributed by atoms with E-state index in [1.807, 2.05) is 18.2 Å². The molecule has 3 aromatic rings. The van der Waals surface area contributed by atoms with E-state index in [1.165, 1.54) is 6.08 Å². The molecule has 2 amide bonds. The third-order valence-electron chi connectivity index (χ3n) is 7.15. The molecule has 0 spiro atoms. The molecule has 240 valence electrons. The molecule has 3 atom stereocenters. The number of hydrogen-bond donors (Lipinski definition) is 4. The second-order valence-electron chi connectivity index (χ2n) is 11.1. The molecule has 0 bridgehead atoms. The van der Waals surface area contributed by atoms with Crippen molar-refractivity contribution in [2.24, 2.45) is 5.92 Å². The van der Waals surface area contributed by atoms with Gasteiger partial charge in [0.25, 0.3) is 5.91 Å². The lowest BCUT2D eigenvalue weighted by Gasteiger charge is -2.21. The molecule has 0 aromatic heterocycles. The predicted molar refractivity (Wildman–Crippen MR) is 169 cm³/mol. The van der Waals surface area contributed by atoms with Crippen LogP contribution in [0.1, 0.15) is 42.6 Å². The zero-order valence-electron chi connectivity index (χ0n) is 25.1. The van der Waals surface area contributed by atoms with E-state index in [0.29, 0.717) is 11.1 Å². The average molecular weight is 650 g/mol. The first-order chi connectivity index (χ1) is 21.9. The molecule has 1 heterocycles. The Kier molecular flexibility index (Phi) is 11.3. The minimum Gasteiger partial charge on any atom is -0.481 e. The van der Waals surface area contributed by atoms with Gasteiger partial charge in [-0.2, -0.15) is 0 Å². The fourth-order valence-corrected chi connectivity index (χ4v) is 5.18. The molecule has 0 saturated carbocycles. The molecule has 0 radical (unpaired) electrons. The number of anilines is 1. The van der Waals surface area contributed by atoms with Crippen LogP contribution in [0.15, 0.2) is 84.4 Å². The number of rotatable bonds is 14. The smallest absolute Gasteiger partial charge is 0.305 e. The van der Waals surface area contributed by atoms with Gasteiger partial charge in [-0.25, -0.2) is 4.39 Å². The van der Waals surface area contributed by atoms with Gasteiger partial charge < -0.3 is 25.8 Å². The topological polar surface area (TPSA) is 151 Å². The van der Waals surface area contributed by atoms with Crippen LogP contribution >= 0.6 is 11.6 Å². The second-order valence-corrected chi connectivity index (χ2v) is 11.5. The molecule has 4 rings (SSSR count). The van der Waals surface area contributed by atoms with Crippen molar-refractivity contribution in [3.8, 4) is 5.75 Å². The van der Waals surface area contributed by atoms with Gasteiger partial charge in [0.05, 0.1) is 23.2 Å². The van der Waals surface area contributed by atoms with Crippen molar-refractivity contribution in [3.63, 3.8) is 0 Å². The number of ether oxygens (including phenoxy) is 1. The van der Waals surface area contributed by atoms with Crippen LogP contribution in [0.5, 0.6) is 5.75 Å². The number of Topliss-reactive ketones (excluding diaryl/α,β-unsaturated/α-hetero) is 1. The Bertz CT molecular complexity index is 1650. The average Bonchev–Trinajstić information content (AvgIpc) is 3.44. The number of benzene rings is 3. The lowest BCUT2D eigenvalue weighted by molar-refractivity contribution is -0.141. The maximum atomic E-state index is 13.8. The fourth-order valence-electron chi connectivity index (χ4n) is 4.93. The van der Waals surface area contributed by atoms with E-state index in [2.05, 4.69) is 16.0 Å². The summed E-state index contributed by atoms with van der Waals surface area (Å²) in [4.78, 5) is 64.6. The van der Waals surface area contributed by atoms with Crippen molar-refractivity contribution in [2.75, 3.05) is 5.32 Å². The maximum Gasteiger partial charge on any atom is 0.305 e. The van der Waals surface area contributed by atoms with E-state index in [-0.39, 0.29) is 35.2 Å². The van der Waals surface area contributed by atoms with Crippen LogP contribution in [-0.4, -0.2) is 52.8 Å². The highest BCUT2D eigenvalue weighted by molar-refractivity contribution is 6.32. The molecule has 10 nitrogen and oxygen atoms in total. The van der Waals surface area contributed by atoms with E-state index in [9.17, 15) is 33.5 Å². The molecule has 1 aliphatic heterocycles. The van der Waals surface area contributed by atoms with Gasteiger partial charge in [0.2, 0.25) is 17.9 Å². The highest BCUT2D eigenvalue weighted by Gasteiger charge is 2.37. The van der Waals surface area contributed by atoms with Crippen molar-refractivity contribution in [3.05, 3.63) is 106 Å². The summed E-state index contributed by atoms with van der Waals surface area (Å²) in [5, 5.41) is 17.3. The molecule has 0 aliphatic carbocycles. The van der Waals surface area contributed by atoms with Crippen LogP contribution in [0.3, 0.4) is 0 Å². The number of aliphatic carboxylic acids is 1. The van der Waals surface area contributed by atoms with E-state index in [0.717, 1.165) is 17.7 Å². The maximum absolute atomic E-state index is 13.8. The number of nitrogens with one attached hydrogen (secondary N) is 3. The SMILES string of the molecule is CC(C)C(NC(=O)c1ccccc1)C(=O)/C=C(/CC(=O)NC(CC(=O)O)C(=O)C1Nc2cc(F)cc(Cl)c2O1)Cc1ccccc1. The van der Waals surface area contributed by atoms with Crippen molar-refractivity contribution < 1.29 is 38.2 Å². The Balaban J connectivity index is 1.53. The summed E-state index contributed by atoms with van der Waals surface area (Å²) in [6.07, 6.45) is -1.03. The molecule has 3 aromatic carbocycles. The highest BCUT2D eigenvalue weighted by Crippen LogP contribution is 2.39. The summed E-state index contributed by atoms with van der Waals surface area (Å²) in [6.45, 7) is 3.57. The van der Waals surface area contributed by atoms with E-state index >= 15 is 0 Å². The lowest BCUT2D eigenvalue weighted by Crippen LogP contribution is -2.49. The summed E-state index contributed by atoms with van der Waals surface area (Å²) in [7, 11) is 0. The van der Waals surface area contributed by atoms with E-state index < -0.39 is 59.9 Å². The standard InChI is InChI=1S/C34H33ClFN3O7/c1-19(2)30(39-33(45)22-11-7-4-8-12-22)27(40)14-21(13-20-9-5-3-6-10-20)15-28(41)37-25(18-29(42)43)31(44)34-38-26-17-23(36)16-24(35)32(26)46-34/h3-12,14,16-17,19,25,30,34,38H,13,15,18H2,1-2H3,(H,37,41)(H,39,45)(H,42,43)/b21-14+. The number of carboxylic acid groups (broad SMARTS) is 1. The minimum atomic E-state index is -1.53. The van der Waals surface area contributed by atoms with Gasteiger partial charge in [-0.1, -0.05) is 79.6 Å². The normalized spacial score (nSPS) is 15.2. The van der Waals surface area contributed by atoms with Crippen LogP contribution in [-0.2, 0) is 25.6 Å². The Hall–Kier alpha value is -5.03. The molecule has 46 heavy (non-hydrogen) atoms. The Morgan fingerprint density at radius 2 is 1.65 bits per heavy atom. The number of ketones is 2. The number of carbonyl (C=O) groups excluding carboxylic acids is 4. The molecule has 4 N–H and O–H groups in total. The van der Waals surface area contributed by atoms with Crippen molar-refractivity contribution >= 4 is 46.6 Å². The molecule has 12 heteroatoms. The number of carbonyl (C=O) groups is 5. The number of amides is 2. The summed E-state index contributed by atoms with van der Waals surface area (Å²) in [5.41, 5.74) is 1.67. The van der Waals surface area contributed by atoms with Gasteiger partial charge >= 0.3 is 5.97 Å². The fraction of sp³-hybridized carbons (Fsp3) is 0.265. The van der Waals surface area contributed by atoms with E-state index in [1.54, 1.807) is 56.3 Å². The van der Waals surface area contributed by atoms with Crippen molar-refractivity contribution in [1.82, 2.24) is 10.6 Å². The van der Waals surface area contributed by atoms with Crippen LogP contribution in [0.2, 0.25) is 5.02 Å². The third kappa shape index (κ3) is 9.01. The van der Waals surface area contributed by atoms with Crippen LogP contribution in [0.25, 0.3) is 0 Å². The largest absolute Gasteiger partial charge is 0.481 e.